The zero-order valence-electron chi connectivity index (χ0n) is 11.2. The molecule has 2 rings (SSSR count). The maximum atomic E-state index is 12.0. The van der Waals surface area contributed by atoms with Gasteiger partial charge < -0.3 is 5.32 Å². The zero-order valence-corrected chi connectivity index (χ0v) is 12.8. The summed E-state index contributed by atoms with van der Waals surface area (Å²) in [5.41, 5.74) is 3.76. The molecule has 5 heteroatoms. The second-order valence-corrected chi connectivity index (χ2v) is 5.51. The highest BCUT2D eigenvalue weighted by Crippen LogP contribution is 2.20. The van der Waals surface area contributed by atoms with E-state index in [0.29, 0.717) is 0 Å². The fourth-order valence-corrected chi connectivity index (χ4v) is 2.40. The molecule has 0 fully saturated rings. The van der Waals surface area contributed by atoms with Gasteiger partial charge in [0.05, 0.1) is 5.69 Å². The van der Waals surface area contributed by atoms with Crippen molar-refractivity contribution in [1.29, 1.82) is 0 Å². The lowest BCUT2D eigenvalue weighted by Crippen LogP contribution is -2.20. The molecule has 2 aromatic rings. The van der Waals surface area contributed by atoms with E-state index in [2.05, 4.69) is 26.3 Å². The summed E-state index contributed by atoms with van der Waals surface area (Å²) < 4.78 is 2.71. The summed E-state index contributed by atoms with van der Waals surface area (Å²) in [4.78, 5) is 12.0. The van der Waals surface area contributed by atoms with Crippen LogP contribution in [0.1, 0.15) is 17.0 Å². The zero-order chi connectivity index (χ0) is 14.0. The lowest BCUT2D eigenvalue weighted by molar-refractivity contribution is -0.116. The van der Waals surface area contributed by atoms with E-state index in [0.717, 1.165) is 27.1 Å². The summed E-state index contributed by atoms with van der Waals surface area (Å²) in [6, 6.07) is 7.72. The Kier molecular flexibility index (Phi) is 4.04. The van der Waals surface area contributed by atoms with Gasteiger partial charge in [0.25, 0.3) is 0 Å². The number of carbonyl (C=O) groups excluding carboxylic acids is 1. The standard InChI is InChI=1S/C14H16BrN3O/c1-9-6-12(15)4-5-13(9)16-14(19)8-18-11(3)7-10(2)17-18/h4-7H,8H2,1-3H3,(H,16,19). The van der Waals surface area contributed by atoms with Crippen LogP contribution in [0.25, 0.3) is 0 Å². The quantitative estimate of drug-likeness (QED) is 0.943. The minimum Gasteiger partial charge on any atom is -0.324 e. The van der Waals surface area contributed by atoms with Gasteiger partial charge in [0.15, 0.2) is 0 Å². The van der Waals surface area contributed by atoms with Crippen molar-refractivity contribution in [3.63, 3.8) is 0 Å². The molecule has 0 radical (unpaired) electrons. The van der Waals surface area contributed by atoms with E-state index in [9.17, 15) is 4.79 Å². The van der Waals surface area contributed by atoms with E-state index in [1.54, 1.807) is 4.68 Å². The number of hydrogen-bond acceptors (Lipinski definition) is 2. The Morgan fingerprint density at radius 1 is 1.32 bits per heavy atom. The third-order valence-corrected chi connectivity index (χ3v) is 3.35. The molecule has 1 heterocycles. The minimum atomic E-state index is -0.0726. The van der Waals surface area contributed by atoms with Crippen LogP contribution in [0.4, 0.5) is 5.69 Å². The number of carbonyl (C=O) groups is 1. The topological polar surface area (TPSA) is 46.9 Å². The van der Waals surface area contributed by atoms with Crippen molar-refractivity contribution in [3.8, 4) is 0 Å². The van der Waals surface area contributed by atoms with Gasteiger partial charge in [-0.15, -0.1) is 0 Å². The third-order valence-electron chi connectivity index (χ3n) is 2.86. The molecule has 0 saturated heterocycles. The third kappa shape index (κ3) is 3.44. The number of aryl methyl sites for hydroxylation is 3. The number of rotatable bonds is 3. The van der Waals surface area contributed by atoms with Crippen LogP contribution in [0.3, 0.4) is 0 Å². The Morgan fingerprint density at radius 3 is 2.63 bits per heavy atom. The fourth-order valence-electron chi connectivity index (χ4n) is 1.93. The Bertz CT molecular complexity index is 619. The first-order valence-electron chi connectivity index (χ1n) is 6.03. The molecule has 0 atom stereocenters. The average Bonchev–Trinajstić information content (AvgIpc) is 2.61. The van der Waals surface area contributed by atoms with E-state index in [4.69, 9.17) is 0 Å². The van der Waals surface area contributed by atoms with Crippen LogP contribution >= 0.6 is 15.9 Å². The second kappa shape index (κ2) is 5.57. The maximum Gasteiger partial charge on any atom is 0.246 e. The molecule has 1 aromatic heterocycles. The molecule has 0 bridgehead atoms. The molecule has 1 N–H and O–H groups in total. The molecule has 0 saturated carbocycles. The monoisotopic (exact) mass is 321 g/mol. The highest BCUT2D eigenvalue weighted by atomic mass is 79.9. The van der Waals surface area contributed by atoms with Crippen LogP contribution in [0.2, 0.25) is 0 Å². The van der Waals surface area contributed by atoms with Crippen molar-refractivity contribution in [2.24, 2.45) is 0 Å². The van der Waals surface area contributed by atoms with Crippen LogP contribution in [0.5, 0.6) is 0 Å². The average molecular weight is 322 g/mol. The van der Waals surface area contributed by atoms with Crippen molar-refractivity contribution in [1.82, 2.24) is 9.78 Å². The van der Waals surface area contributed by atoms with Gasteiger partial charge in [-0.25, -0.2) is 0 Å². The van der Waals surface area contributed by atoms with Crippen LogP contribution in [0.15, 0.2) is 28.7 Å². The second-order valence-electron chi connectivity index (χ2n) is 4.59. The number of benzene rings is 1. The Labute approximate surface area is 120 Å². The fraction of sp³-hybridized carbons (Fsp3) is 0.286. The summed E-state index contributed by atoms with van der Waals surface area (Å²) >= 11 is 3.40. The lowest BCUT2D eigenvalue weighted by atomic mass is 10.2. The lowest BCUT2D eigenvalue weighted by Gasteiger charge is -2.09. The Hall–Kier alpha value is -1.62. The molecular weight excluding hydrogens is 306 g/mol. The minimum absolute atomic E-state index is 0.0726. The van der Waals surface area contributed by atoms with Crippen molar-refractivity contribution in [3.05, 3.63) is 45.7 Å². The number of anilines is 1. The maximum absolute atomic E-state index is 12.0. The first kappa shape index (κ1) is 13.8. The van der Waals surface area contributed by atoms with Gasteiger partial charge in [0.2, 0.25) is 5.91 Å². The van der Waals surface area contributed by atoms with Crippen molar-refractivity contribution in [2.45, 2.75) is 27.3 Å². The van der Waals surface area contributed by atoms with Gasteiger partial charge in [-0.3, -0.25) is 9.48 Å². The van der Waals surface area contributed by atoms with Gasteiger partial charge in [-0.2, -0.15) is 5.10 Å². The molecule has 0 aliphatic heterocycles. The number of amides is 1. The first-order valence-corrected chi connectivity index (χ1v) is 6.82. The van der Waals surface area contributed by atoms with Crippen LogP contribution in [0, 0.1) is 20.8 Å². The smallest absolute Gasteiger partial charge is 0.246 e. The number of hydrogen-bond donors (Lipinski definition) is 1. The van der Waals surface area contributed by atoms with E-state index < -0.39 is 0 Å². The molecule has 0 spiro atoms. The van der Waals surface area contributed by atoms with Crippen molar-refractivity contribution < 1.29 is 4.79 Å². The van der Waals surface area contributed by atoms with Gasteiger partial charge >= 0.3 is 0 Å². The largest absolute Gasteiger partial charge is 0.324 e. The molecule has 0 unspecified atom stereocenters. The Balaban J connectivity index is 2.07. The van der Waals surface area contributed by atoms with E-state index >= 15 is 0 Å². The normalized spacial score (nSPS) is 10.5. The SMILES string of the molecule is Cc1cc(C)n(CC(=O)Nc2ccc(Br)cc2C)n1. The molecule has 1 amide bonds. The molecule has 19 heavy (non-hydrogen) atoms. The van der Waals surface area contributed by atoms with E-state index in [1.165, 1.54) is 0 Å². The summed E-state index contributed by atoms with van der Waals surface area (Å²) in [5, 5.41) is 7.18. The van der Waals surface area contributed by atoms with Crippen LogP contribution in [-0.2, 0) is 11.3 Å². The number of nitrogens with one attached hydrogen (secondary N) is 1. The molecule has 100 valence electrons. The van der Waals surface area contributed by atoms with Crippen molar-refractivity contribution >= 4 is 27.5 Å². The van der Waals surface area contributed by atoms with E-state index in [1.807, 2.05) is 45.0 Å². The molecule has 0 aliphatic rings. The number of aromatic nitrogens is 2. The van der Waals surface area contributed by atoms with Gasteiger partial charge in [0.1, 0.15) is 6.54 Å². The van der Waals surface area contributed by atoms with Crippen LogP contribution < -0.4 is 5.32 Å². The van der Waals surface area contributed by atoms with Crippen LogP contribution in [-0.4, -0.2) is 15.7 Å². The molecule has 4 nitrogen and oxygen atoms in total. The highest BCUT2D eigenvalue weighted by Gasteiger charge is 2.08. The summed E-state index contributed by atoms with van der Waals surface area (Å²) in [5.74, 6) is -0.0726. The Morgan fingerprint density at radius 2 is 2.05 bits per heavy atom. The van der Waals surface area contributed by atoms with Crippen molar-refractivity contribution in [2.75, 3.05) is 5.32 Å². The molecule has 1 aromatic carbocycles. The first-order chi connectivity index (χ1) is 8.95. The van der Waals surface area contributed by atoms with Gasteiger partial charge in [0, 0.05) is 15.9 Å². The molecular formula is C14H16BrN3O. The van der Waals surface area contributed by atoms with Gasteiger partial charge in [-0.05, 0) is 50.6 Å². The van der Waals surface area contributed by atoms with E-state index in [-0.39, 0.29) is 12.5 Å². The highest BCUT2D eigenvalue weighted by molar-refractivity contribution is 9.10. The molecule has 0 aliphatic carbocycles. The predicted molar refractivity (Wildman–Crippen MR) is 79.2 cm³/mol. The summed E-state index contributed by atoms with van der Waals surface area (Å²) in [7, 11) is 0. The summed E-state index contributed by atoms with van der Waals surface area (Å²) in [6.07, 6.45) is 0. The van der Waals surface area contributed by atoms with Gasteiger partial charge in [-0.1, -0.05) is 15.9 Å². The number of nitrogens with zero attached hydrogens (tertiary/aromatic N) is 2. The summed E-state index contributed by atoms with van der Waals surface area (Å²) in [6.45, 7) is 6.05. The number of halogens is 1. The predicted octanol–water partition coefficient (Wildman–Crippen LogP) is 3.21.